The predicted octanol–water partition coefficient (Wildman–Crippen LogP) is 31.5. The Hall–Kier alpha value is -19.7. The third kappa shape index (κ3) is 17.0. The molecule has 706 valence electrons. The minimum Gasteiger partial charge on any atom is -0.455 e. The Morgan fingerprint density at radius 1 is 0.273 bits per heavy atom. The number of nitrogens with zero attached hydrogens (tertiary/aromatic N) is 10. The number of aromatic nitrogens is 8. The number of rotatable bonds is 16. The maximum Gasteiger partial charge on any atom is 0.236 e. The Morgan fingerprint density at radius 3 is 1.27 bits per heavy atom. The average molecular weight is 1960 g/mol. The van der Waals surface area contributed by atoms with Crippen LogP contribution >= 0.6 is 11.3 Å². The number of thiophene rings is 1. The normalized spacial score (nSPS) is 11.8. The van der Waals surface area contributed by atoms with E-state index in [1.54, 1.807) is 23.7 Å². The van der Waals surface area contributed by atoms with Gasteiger partial charge in [-0.05, 0) is 187 Å². The van der Waals surface area contributed by atoms with E-state index in [1.165, 1.54) is 57.4 Å². The van der Waals surface area contributed by atoms with E-state index in [0.29, 0.717) is 23.4 Å². The topological polar surface area (TPSA) is 162 Å². The van der Waals surface area contributed by atoms with Gasteiger partial charge in [0.05, 0.1) is 44.8 Å². The van der Waals surface area contributed by atoms with Crippen LogP contribution < -0.4 is 20.7 Å². The molecule has 0 saturated carbocycles. The fourth-order valence-corrected chi connectivity index (χ4v) is 27.1. The first kappa shape index (κ1) is 90.3. The molecule has 28 rings (SSSR count). The predicted molar refractivity (Wildman–Crippen MR) is 624 cm³/mol. The molecule has 0 spiro atoms. The summed E-state index contributed by atoms with van der Waals surface area (Å²) in [7, 11) is -2.71. The van der Waals surface area contributed by atoms with Gasteiger partial charge >= 0.3 is 0 Å². The second-order valence-electron chi connectivity index (χ2n) is 37.1. The van der Waals surface area contributed by atoms with Crippen LogP contribution in [0.2, 0.25) is 0 Å². The van der Waals surface area contributed by atoms with Crippen molar-refractivity contribution in [2.24, 2.45) is 9.98 Å². The molecule has 0 aliphatic carbocycles. The summed E-state index contributed by atoms with van der Waals surface area (Å²) in [5.74, 6) is 2.54. The first-order chi connectivity index (χ1) is 74.3. The Bertz CT molecular complexity index is 9720. The van der Waals surface area contributed by atoms with Crippen molar-refractivity contribution >= 4 is 166 Å². The fraction of sp³-hybridized carbons (Fsp3) is 0. The number of fused-ring (bicyclic) bond motifs is 15. The molecule has 15 heteroatoms. The number of pyridine rings is 3. The maximum atomic E-state index is 8.99. The molecule has 13 nitrogen and oxygen atoms in total. The number of furan rings is 2. The first-order valence-corrected chi connectivity index (χ1v) is 52.9. The van der Waals surface area contributed by atoms with Crippen LogP contribution in [0.5, 0.6) is 0 Å². The second-order valence-corrected chi connectivity index (χ2v) is 42.0. The number of hydrogen-bond acceptors (Lipinski definition) is 10. The number of para-hydroxylation sites is 7. The molecule has 9 heterocycles. The molecule has 19 aromatic carbocycles. The van der Waals surface area contributed by atoms with Gasteiger partial charge in [0, 0.05) is 121 Å². The lowest BCUT2D eigenvalue weighted by Crippen LogP contribution is -2.74. The van der Waals surface area contributed by atoms with E-state index in [0.717, 1.165) is 172 Å². The molecule has 0 aliphatic rings. The molecule has 0 bridgehead atoms. The third-order valence-corrected chi connectivity index (χ3v) is 34.0. The molecule has 0 aliphatic heterocycles. The van der Waals surface area contributed by atoms with E-state index in [9.17, 15) is 0 Å². The number of amidine groups is 1. The van der Waals surface area contributed by atoms with Crippen molar-refractivity contribution in [1.29, 1.82) is 5.41 Å². The van der Waals surface area contributed by atoms with Gasteiger partial charge in [-0.25, -0.2) is 24.9 Å². The Labute approximate surface area is 869 Å². The summed E-state index contributed by atoms with van der Waals surface area (Å²) in [5.41, 5.74) is 25.0. The number of aliphatic imine (C=N–C) groups is 2. The summed E-state index contributed by atoms with van der Waals surface area (Å²) < 4.78 is 20.0. The van der Waals surface area contributed by atoms with Gasteiger partial charge in [0.1, 0.15) is 22.3 Å². The molecule has 0 saturated heterocycles. The average Bonchev–Trinajstić information content (AvgIpc) is 1.74. The Kier molecular flexibility index (Phi) is 23.7. The summed E-state index contributed by atoms with van der Waals surface area (Å²) in [6, 6.07) is 179. The zero-order chi connectivity index (χ0) is 99.8. The highest BCUT2D eigenvalue weighted by Gasteiger charge is 2.42. The van der Waals surface area contributed by atoms with Crippen molar-refractivity contribution in [1.82, 2.24) is 39.0 Å². The largest absolute Gasteiger partial charge is 0.455 e. The standard InChI is InChI=1S/C45H28N4S.C45H34N4Si.C45H27N3O2/c1-3-12-29(13-4-1)31-16-11-17-34(26-31)49-39-20-9-7-18-35(39)38-27-32(23-25-40(38)49)44-46-43(30-14-5-2-6-15-30)47-45(48-44)33-22-24-37-36-19-8-10-21-41(36)50-42(37)28-33;46-44(35-19-5-1-6-20-35)48-45(49-42-30-15-13-28-40(42)41-29-14-16-31-43(41)49)47-33-34-18-17-27-39(32-34)50(36-21-7-2-8-22-36,37-23-9-3-10-24-37)38-25-11-4-12-26-38;1-3-19-42-34(11-1)36-15-9-13-32(44(36)49-42)30-23-28(24-31(25-30)33-14-10-16-37-35-12-2-4-20-43(35)50-45(33)37)29-26-40(38-17-5-7-21-46-38)48-41(27-29)39-18-6-8-22-47-39/h1-28H;1-33,46H;1-27H. The smallest absolute Gasteiger partial charge is 0.236 e. The van der Waals surface area contributed by atoms with Crippen molar-refractivity contribution in [3.05, 3.63) is 539 Å². The van der Waals surface area contributed by atoms with Gasteiger partial charge in [-0.3, -0.25) is 19.9 Å². The summed E-state index contributed by atoms with van der Waals surface area (Å²) in [5, 5.41) is 25.7. The van der Waals surface area contributed by atoms with Gasteiger partial charge in [0.2, 0.25) is 5.96 Å². The van der Waals surface area contributed by atoms with E-state index in [-0.39, 0.29) is 5.84 Å². The maximum absolute atomic E-state index is 8.99. The van der Waals surface area contributed by atoms with Crippen LogP contribution in [0.15, 0.2) is 547 Å². The lowest BCUT2D eigenvalue weighted by Gasteiger charge is -2.34. The fourth-order valence-electron chi connectivity index (χ4n) is 21.2. The molecule has 0 fully saturated rings. The van der Waals surface area contributed by atoms with Crippen molar-refractivity contribution in [3.63, 3.8) is 0 Å². The van der Waals surface area contributed by atoms with E-state index in [4.69, 9.17) is 44.2 Å². The van der Waals surface area contributed by atoms with E-state index in [2.05, 4.69) is 413 Å². The lowest BCUT2D eigenvalue weighted by molar-refractivity contribution is 0.670. The summed E-state index contributed by atoms with van der Waals surface area (Å²) in [6.07, 6.45) is 5.49. The van der Waals surface area contributed by atoms with Gasteiger partial charge in [-0.2, -0.15) is 4.99 Å². The molecular weight excluding hydrogens is 1870 g/mol. The van der Waals surface area contributed by atoms with E-state index >= 15 is 0 Å². The summed E-state index contributed by atoms with van der Waals surface area (Å²) in [6.45, 7) is 0. The molecule has 9 aromatic heterocycles. The minimum atomic E-state index is -2.71. The first-order valence-electron chi connectivity index (χ1n) is 50.0. The molecule has 0 unspecified atom stereocenters. The van der Waals surface area contributed by atoms with Gasteiger partial charge in [-0.15, -0.1) is 11.3 Å². The van der Waals surface area contributed by atoms with E-state index in [1.807, 2.05) is 128 Å². The van der Waals surface area contributed by atoms with Gasteiger partial charge < -0.3 is 13.4 Å². The summed E-state index contributed by atoms with van der Waals surface area (Å²) >= 11 is 1.80. The minimum absolute atomic E-state index is 0.150. The molecule has 0 radical (unpaired) electrons. The van der Waals surface area contributed by atoms with Crippen molar-refractivity contribution < 1.29 is 8.83 Å². The monoisotopic (exact) mass is 1960 g/mol. The van der Waals surface area contributed by atoms with Crippen LogP contribution in [-0.2, 0) is 0 Å². The van der Waals surface area contributed by atoms with Crippen LogP contribution in [0.3, 0.4) is 0 Å². The van der Waals surface area contributed by atoms with Crippen LogP contribution in [-0.4, -0.2) is 65.1 Å². The van der Waals surface area contributed by atoms with Crippen molar-refractivity contribution in [3.8, 4) is 107 Å². The zero-order valence-electron chi connectivity index (χ0n) is 81.0. The van der Waals surface area contributed by atoms with Gasteiger partial charge in [0.25, 0.3) is 0 Å². The van der Waals surface area contributed by atoms with Crippen LogP contribution in [0.25, 0.3) is 215 Å². The molecule has 150 heavy (non-hydrogen) atoms. The van der Waals surface area contributed by atoms with Crippen LogP contribution in [0.1, 0.15) is 11.1 Å². The summed E-state index contributed by atoms with van der Waals surface area (Å²) in [4.78, 5) is 39.6. The van der Waals surface area contributed by atoms with E-state index < -0.39 is 8.07 Å². The van der Waals surface area contributed by atoms with Crippen molar-refractivity contribution in [2.45, 2.75) is 0 Å². The SMILES string of the molecule is N=C(N=C(N=Cc1cccc([Si](c2ccccc2)(c2ccccc2)c2ccccc2)c1)n1c2ccccc2c2ccccc21)c1ccccc1.c1ccc(-c2cc(-c3cc(-c4cccc5c4oc4ccccc45)cc(-c4cccc5c4oc4ccccc45)c3)cc(-c3ccccn3)n2)nc1.c1ccc(-c2cccc(-n3c4ccccc4c4cc(-c5nc(-c6ccccc6)nc(-c6ccc7c(c6)sc6ccccc67)n5)ccc43)c2)cc1. The van der Waals surface area contributed by atoms with Gasteiger partial charge in [-0.1, -0.05) is 388 Å². The van der Waals surface area contributed by atoms with Crippen LogP contribution in [0, 0.1) is 5.41 Å². The highest BCUT2D eigenvalue weighted by atomic mass is 32.1. The van der Waals surface area contributed by atoms with Crippen molar-refractivity contribution in [2.75, 3.05) is 0 Å². The highest BCUT2D eigenvalue weighted by molar-refractivity contribution is 7.25. The Morgan fingerprint density at radius 2 is 0.700 bits per heavy atom. The quantitative estimate of drug-likeness (QED) is 0.0433. The van der Waals surface area contributed by atoms with Gasteiger partial charge in [0.15, 0.2) is 31.4 Å². The highest BCUT2D eigenvalue weighted by Crippen LogP contribution is 2.46. The molecule has 0 atom stereocenters. The van der Waals surface area contributed by atoms with Crippen LogP contribution in [0.4, 0.5) is 0 Å². The molecule has 0 amide bonds. The Balaban J connectivity index is 0.000000113. The molecule has 1 N–H and O–H groups in total. The molecule has 28 aromatic rings. The number of benzene rings is 19. The lowest BCUT2D eigenvalue weighted by atomic mass is 9.91. The molecular formula is C135H89N11O2SSi. The second kappa shape index (κ2) is 39.4. The zero-order valence-corrected chi connectivity index (χ0v) is 82.8. The third-order valence-electron chi connectivity index (χ3n) is 28.1. The number of nitrogens with one attached hydrogen (secondary N) is 1. The number of hydrogen-bond donors (Lipinski definition) is 1.